The Kier molecular flexibility index (Phi) is 4.53. The summed E-state index contributed by atoms with van der Waals surface area (Å²) in [6.45, 7) is 0.588. The number of methoxy groups -OCH3 is 1. The Morgan fingerprint density at radius 2 is 2.69 bits per heavy atom. The Bertz CT molecular complexity index is 291. The molecule has 7 heteroatoms. The van der Waals surface area contributed by atoms with E-state index in [0.29, 0.717) is 18.1 Å². The maximum absolute atomic E-state index is 11.0. The molecule has 0 aliphatic rings. The van der Waals surface area contributed by atoms with Gasteiger partial charge < -0.3 is 9.72 Å². The van der Waals surface area contributed by atoms with Gasteiger partial charge in [0.1, 0.15) is 11.5 Å². The third-order valence-electron chi connectivity index (χ3n) is 1.33. The second-order valence-corrected chi connectivity index (χ2v) is 3.90. The lowest BCUT2D eigenvalue weighted by atomic mass is 10.5. The van der Waals surface area contributed by atoms with Gasteiger partial charge in [0.05, 0.1) is 19.9 Å². The van der Waals surface area contributed by atoms with E-state index in [4.69, 9.17) is 0 Å². The molecule has 1 heterocycles. The van der Waals surface area contributed by atoms with Crippen LogP contribution in [0.1, 0.15) is 16.3 Å². The van der Waals surface area contributed by atoms with Gasteiger partial charge in [0.25, 0.3) is 0 Å². The molecule has 0 bridgehead atoms. The van der Waals surface area contributed by atoms with Crippen LogP contribution < -0.4 is 4.72 Å². The number of aromatic amines is 1. The minimum atomic E-state index is -0.402. The molecule has 1 aromatic rings. The first-order valence-corrected chi connectivity index (χ1v) is 6.76. The molecule has 0 radical (unpaired) electrons. The Hall–Kier alpha value is -0.280. The van der Waals surface area contributed by atoms with Crippen LogP contribution in [0.5, 0.6) is 0 Å². The van der Waals surface area contributed by atoms with Crippen molar-refractivity contribution in [2.24, 2.45) is 0 Å². The van der Waals surface area contributed by atoms with Crippen molar-refractivity contribution in [2.75, 3.05) is 7.11 Å². The van der Waals surface area contributed by atoms with Crippen LogP contribution >= 0.6 is 30.3 Å². The lowest BCUT2D eigenvalue weighted by Crippen LogP contribution is -2.04. The van der Waals surface area contributed by atoms with E-state index in [1.165, 1.54) is 22.4 Å². The van der Waals surface area contributed by atoms with Crippen molar-refractivity contribution in [3.8, 4) is 0 Å². The molecule has 2 N–H and O–H groups in total. The number of halogens is 1. The Balaban J connectivity index is 2.58. The summed E-state index contributed by atoms with van der Waals surface area (Å²) in [7, 11) is 2.80. The molecule has 13 heavy (non-hydrogen) atoms. The summed E-state index contributed by atoms with van der Waals surface area (Å²) in [6, 6.07) is 0. The predicted octanol–water partition coefficient (Wildman–Crippen LogP) is 1.28. The fourth-order valence-electron chi connectivity index (χ4n) is 0.762. The number of rotatable bonds is 4. The van der Waals surface area contributed by atoms with Gasteiger partial charge in [-0.2, -0.15) is 0 Å². The molecule has 72 valence electrons. The molecule has 1 rings (SSSR count). The predicted molar refractivity (Wildman–Crippen MR) is 58.4 cm³/mol. The number of carbonyl (C=O) groups excluding carboxylic acids is 1. The summed E-state index contributed by atoms with van der Waals surface area (Å²) >= 11 is 2.11. The molecule has 0 amide bonds. The topological polar surface area (TPSA) is 67.0 Å². The summed E-state index contributed by atoms with van der Waals surface area (Å²) in [5.41, 5.74) is 0.373. The van der Waals surface area contributed by atoms with Crippen LogP contribution in [0.15, 0.2) is 6.20 Å². The molecule has 0 unspecified atom stereocenters. The monoisotopic (exact) mass is 313 g/mol. The normalized spacial score (nSPS) is 10.0. The van der Waals surface area contributed by atoms with Gasteiger partial charge in [0.15, 0.2) is 0 Å². The quantitative estimate of drug-likeness (QED) is 0.498. The minimum Gasteiger partial charge on any atom is -0.464 e. The van der Waals surface area contributed by atoms with E-state index in [1.54, 1.807) is 0 Å². The molecular formula is C6H8IN3O2S. The molecule has 0 saturated carbocycles. The number of imidazole rings is 1. The van der Waals surface area contributed by atoms with Gasteiger partial charge in [-0.15, -0.1) is 0 Å². The number of H-pyrrole nitrogens is 1. The van der Waals surface area contributed by atoms with Crippen LogP contribution in [0.2, 0.25) is 0 Å². The highest BCUT2D eigenvalue weighted by atomic mass is 127. The van der Waals surface area contributed by atoms with Gasteiger partial charge >= 0.3 is 5.97 Å². The van der Waals surface area contributed by atoms with Gasteiger partial charge in [-0.25, -0.2) is 14.5 Å². The summed E-state index contributed by atoms with van der Waals surface area (Å²) in [5.74, 6) is 0.311. The smallest absolute Gasteiger partial charge is 0.356 e. The van der Waals surface area contributed by atoms with Crippen molar-refractivity contribution in [3.05, 3.63) is 17.7 Å². The SMILES string of the molecule is COC(=O)c1cnc(CNSI)[nH]1. The van der Waals surface area contributed by atoms with E-state index < -0.39 is 5.97 Å². The fourth-order valence-corrected chi connectivity index (χ4v) is 1.42. The number of ether oxygens (including phenoxy) is 1. The molecule has 0 fully saturated rings. The highest BCUT2D eigenvalue weighted by Crippen LogP contribution is 2.06. The van der Waals surface area contributed by atoms with E-state index >= 15 is 0 Å². The van der Waals surface area contributed by atoms with Crippen LogP contribution in [-0.4, -0.2) is 23.0 Å². The summed E-state index contributed by atoms with van der Waals surface area (Å²) < 4.78 is 7.51. The number of hydrogen-bond donors (Lipinski definition) is 2. The van der Waals surface area contributed by atoms with Crippen molar-refractivity contribution in [2.45, 2.75) is 6.54 Å². The van der Waals surface area contributed by atoms with Crippen molar-refractivity contribution >= 4 is 36.3 Å². The minimum absolute atomic E-state index is 0.373. The van der Waals surface area contributed by atoms with Crippen molar-refractivity contribution in [3.63, 3.8) is 0 Å². The second-order valence-electron chi connectivity index (χ2n) is 2.13. The van der Waals surface area contributed by atoms with E-state index in [2.05, 4.69) is 40.6 Å². The van der Waals surface area contributed by atoms with E-state index in [-0.39, 0.29) is 0 Å². The molecule has 0 aliphatic carbocycles. The zero-order chi connectivity index (χ0) is 9.68. The average molecular weight is 313 g/mol. The summed E-state index contributed by atoms with van der Waals surface area (Å²) in [4.78, 5) is 17.8. The number of carbonyl (C=O) groups is 1. The molecule has 1 aromatic heterocycles. The van der Waals surface area contributed by atoms with Gasteiger partial charge in [-0.1, -0.05) is 0 Å². The highest BCUT2D eigenvalue weighted by Gasteiger charge is 2.08. The zero-order valence-electron chi connectivity index (χ0n) is 6.83. The maximum atomic E-state index is 11.0. The fraction of sp³-hybridized carbons (Fsp3) is 0.333. The molecular weight excluding hydrogens is 305 g/mol. The molecule has 0 spiro atoms. The van der Waals surface area contributed by atoms with Gasteiger partial charge in [-0.05, 0) is 9.12 Å². The van der Waals surface area contributed by atoms with Crippen molar-refractivity contribution < 1.29 is 9.53 Å². The second kappa shape index (κ2) is 5.45. The number of hydrogen-bond acceptors (Lipinski definition) is 5. The largest absolute Gasteiger partial charge is 0.464 e. The third kappa shape index (κ3) is 3.16. The lowest BCUT2D eigenvalue weighted by Gasteiger charge is -1.95. The number of nitrogens with zero attached hydrogens (tertiary/aromatic N) is 1. The first kappa shape index (κ1) is 10.8. The Labute approximate surface area is 91.7 Å². The number of nitrogens with one attached hydrogen (secondary N) is 2. The van der Waals surface area contributed by atoms with Crippen LogP contribution in [0.4, 0.5) is 0 Å². The van der Waals surface area contributed by atoms with E-state index in [1.807, 2.05) is 0 Å². The van der Waals surface area contributed by atoms with Crippen LogP contribution in [-0.2, 0) is 11.3 Å². The molecule has 0 aromatic carbocycles. The average Bonchev–Trinajstić information content (AvgIpc) is 2.62. The van der Waals surface area contributed by atoms with E-state index in [9.17, 15) is 4.79 Å². The Morgan fingerprint density at radius 3 is 3.31 bits per heavy atom. The van der Waals surface area contributed by atoms with Crippen LogP contribution in [0.3, 0.4) is 0 Å². The molecule has 0 saturated heterocycles. The first-order valence-electron chi connectivity index (χ1n) is 3.40. The van der Waals surface area contributed by atoms with Crippen molar-refractivity contribution in [1.82, 2.24) is 14.7 Å². The number of aromatic nitrogens is 2. The molecule has 0 aliphatic heterocycles. The summed E-state index contributed by atoms with van der Waals surface area (Å²) in [5, 5.41) is 0. The van der Waals surface area contributed by atoms with Gasteiger partial charge in [0.2, 0.25) is 0 Å². The maximum Gasteiger partial charge on any atom is 0.356 e. The van der Waals surface area contributed by atoms with Crippen LogP contribution in [0.25, 0.3) is 0 Å². The Morgan fingerprint density at radius 1 is 1.92 bits per heavy atom. The standard InChI is InChI=1S/C6H8IN3O2S/c1-12-6(11)4-2-8-5(10-4)3-9-13-7/h2,9H,3H2,1H3,(H,8,10). The third-order valence-corrected chi connectivity index (χ3v) is 2.52. The van der Waals surface area contributed by atoms with E-state index in [0.717, 1.165) is 0 Å². The molecule has 0 atom stereocenters. The van der Waals surface area contributed by atoms with Crippen LogP contribution in [0, 0.1) is 0 Å². The molecule has 5 nitrogen and oxygen atoms in total. The number of esters is 1. The zero-order valence-corrected chi connectivity index (χ0v) is 9.81. The first-order chi connectivity index (χ1) is 6.27. The highest BCUT2D eigenvalue weighted by molar-refractivity contribution is 14.2. The van der Waals surface area contributed by atoms with Gasteiger partial charge in [-0.3, -0.25) is 0 Å². The lowest BCUT2D eigenvalue weighted by molar-refractivity contribution is 0.0594. The van der Waals surface area contributed by atoms with Crippen molar-refractivity contribution in [1.29, 1.82) is 0 Å². The van der Waals surface area contributed by atoms with Gasteiger partial charge in [0, 0.05) is 21.2 Å². The summed E-state index contributed by atoms with van der Waals surface area (Å²) in [6.07, 6.45) is 1.46.